The fourth-order valence-electron chi connectivity index (χ4n) is 2.87. The molecule has 1 fully saturated rings. The van der Waals surface area contributed by atoms with Crippen LogP contribution >= 0.6 is 0 Å². The maximum absolute atomic E-state index is 12.2. The van der Waals surface area contributed by atoms with Crippen LogP contribution in [0, 0.1) is 0 Å². The van der Waals surface area contributed by atoms with Crippen molar-refractivity contribution in [3.05, 3.63) is 35.4 Å². The Hall–Kier alpha value is -1.88. The molecular weight excluding hydrogens is 294 g/mol. The molecule has 1 heterocycles. The van der Waals surface area contributed by atoms with E-state index in [1.165, 1.54) is 0 Å². The standard InChI is InChI=1S/C18H25NO4/c1-2-3-11-23-13-17(20)19-10-4-5-16(12-19)14-6-8-15(9-7-14)18(21)22/h6-9,16H,2-5,10-13H2,1H3,(H,21,22)/t16-/m1/s1. The maximum atomic E-state index is 12.2. The second kappa shape index (κ2) is 8.67. The van der Waals surface area contributed by atoms with E-state index >= 15 is 0 Å². The molecule has 5 nitrogen and oxygen atoms in total. The number of unbranched alkanes of at least 4 members (excludes halogenated alkanes) is 1. The maximum Gasteiger partial charge on any atom is 0.335 e. The first-order chi connectivity index (χ1) is 11.1. The summed E-state index contributed by atoms with van der Waals surface area (Å²) < 4.78 is 5.42. The van der Waals surface area contributed by atoms with Gasteiger partial charge in [0.25, 0.3) is 0 Å². The Bertz CT molecular complexity index is 526. The van der Waals surface area contributed by atoms with Gasteiger partial charge in [-0.15, -0.1) is 0 Å². The molecule has 1 aliphatic heterocycles. The molecule has 0 spiro atoms. The summed E-state index contributed by atoms with van der Waals surface area (Å²) in [5.74, 6) is -0.597. The highest BCUT2D eigenvalue weighted by Crippen LogP contribution is 2.27. The van der Waals surface area contributed by atoms with Crippen LogP contribution in [-0.2, 0) is 9.53 Å². The van der Waals surface area contributed by atoms with Gasteiger partial charge in [-0.1, -0.05) is 25.5 Å². The molecule has 23 heavy (non-hydrogen) atoms. The fraction of sp³-hybridized carbons (Fsp3) is 0.556. The predicted octanol–water partition coefficient (Wildman–Crippen LogP) is 2.91. The molecule has 1 aromatic rings. The van der Waals surface area contributed by atoms with Crippen molar-refractivity contribution in [2.45, 2.75) is 38.5 Å². The van der Waals surface area contributed by atoms with Crippen LogP contribution in [0.25, 0.3) is 0 Å². The van der Waals surface area contributed by atoms with Crippen molar-refractivity contribution in [1.29, 1.82) is 0 Å². The van der Waals surface area contributed by atoms with Crippen molar-refractivity contribution >= 4 is 11.9 Å². The number of piperidine rings is 1. The van der Waals surface area contributed by atoms with Crippen LogP contribution < -0.4 is 0 Å². The lowest BCUT2D eigenvalue weighted by atomic mass is 9.90. The third-order valence-electron chi connectivity index (χ3n) is 4.27. The second-order valence-corrected chi connectivity index (χ2v) is 6.01. The van der Waals surface area contributed by atoms with E-state index in [0.29, 0.717) is 18.7 Å². The number of hydrogen-bond donors (Lipinski definition) is 1. The molecule has 1 N–H and O–H groups in total. The summed E-state index contributed by atoms with van der Waals surface area (Å²) >= 11 is 0. The number of likely N-dealkylation sites (tertiary alicyclic amines) is 1. The van der Waals surface area contributed by atoms with Gasteiger partial charge < -0.3 is 14.7 Å². The van der Waals surface area contributed by atoms with Crippen molar-refractivity contribution in [3.63, 3.8) is 0 Å². The Morgan fingerprint density at radius 2 is 2.04 bits per heavy atom. The first-order valence-corrected chi connectivity index (χ1v) is 8.30. The lowest BCUT2D eigenvalue weighted by Crippen LogP contribution is -2.41. The summed E-state index contributed by atoms with van der Waals surface area (Å²) in [6.07, 6.45) is 4.02. The number of benzene rings is 1. The van der Waals surface area contributed by atoms with Gasteiger partial charge in [-0.25, -0.2) is 4.79 Å². The molecule has 1 atom stereocenters. The van der Waals surface area contributed by atoms with Crippen LogP contribution in [0.4, 0.5) is 0 Å². The highest BCUT2D eigenvalue weighted by atomic mass is 16.5. The molecule has 0 bridgehead atoms. The van der Waals surface area contributed by atoms with E-state index in [-0.39, 0.29) is 18.4 Å². The molecule has 1 saturated heterocycles. The summed E-state index contributed by atoms with van der Waals surface area (Å²) in [4.78, 5) is 25.0. The first kappa shape index (κ1) is 17.5. The Morgan fingerprint density at radius 1 is 1.30 bits per heavy atom. The Balaban J connectivity index is 1.89. The van der Waals surface area contributed by atoms with Crippen molar-refractivity contribution in [3.8, 4) is 0 Å². The zero-order chi connectivity index (χ0) is 16.7. The predicted molar refractivity (Wildman–Crippen MR) is 87.7 cm³/mol. The third-order valence-corrected chi connectivity index (χ3v) is 4.27. The van der Waals surface area contributed by atoms with Crippen molar-refractivity contribution in [2.24, 2.45) is 0 Å². The molecule has 1 aromatic carbocycles. The molecule has 0 aromatic heterocycles. The van der Waals surface area contributed by atoms with Gasteiger partial charge in [0.05, 0.1) is 5.56 Å². The Morgan fingerprint density at radius 3 is 2.70 bits per heavy atom. The second-order valence-electron chi connectivity index (χ2n) is 6.01. The van der Waals surface area contributed by atoms with E-state index < -0.39 is 5.97 Å². The Kier molecular flexibility index (Phi) is 6.59. The van der Waals surface area contributed by atoms with Gasteiger partial charge in [-0.3, -0.25) is 4.79 Å². The van der Waals surface area contributed by atoms with Gasteiger partial charge in [0.2, 0.25) is 5.91 Å². The number of amides is 1. The van der Waals surface area contributed by atoms with Gasteiger partial charge >= 0.3 is 5.97 Å². The molecule has 0 saturated carbocycles. The number of hydrogen-bond acceptors (Lipinski definition) is 3. The van der Waals surface area contributed by atoms with E-state index in [0.717, 1.165) is 37.8 Å². The zero-order valence-corrected chi connectivity index (χ0v) is 13.7. The number of carboxylic acid groups (broad SMARTS) is 1. The first-order valence-electron chi connectivity index (χ1n) is 8.30. The van der Waals surface area contributed by atoms with Gasteiger partial charge in [0, 0.05) is 25.6 Å². The van der Waals surface area contributed by atoms with Crippen molar-refractivity contribution in [1.82, 2.24) is 4.90 Å². The molecule has 5 heteroatoms. The average molecular weight is 319 g/mol. The minimum absolute atomic E-state index is 0.0490. The van der Waals surface area contributed by atoms with E-state index in [1.807, 2.05) is 17.0 Å². The highest BCUT2D eigenvalue weighted by Gasteiger charge is 2.24. The molecule has 0 unspecified atom stereocenters. The number of carbonyl (C=O) groups excluding carboxylic acids is 1. The zero-order valence-electron chi connectivity index (χ0n) is 13.7. The lowest BCUT2D eigenvalue weighted by molar-refractivity contribution is -0.137. The topological polar surface area (TPSA) is 66.8 Å². The number of nitrogens with zero attached hydrogens (tertiary/aromatic N) is 1. The number of aromatic carboxylic acids is 1. The summed E-state index contributed by atoms with van der Waals surface area (Å²) in [7, 11) is 0. The van der Waals surface area contributed by atoms with E-state index in [9.17, 15) is 9.59 Å². The number of carbonyl (C=O) groups is 2. The molecule has 1 amide bonds. The van der Waals surface area contributed by atoms with Crippen molar-refractivity contribution in [2.75, 3.05) is 26.3 Å². The monoisotopic (exact) mass is 319 g/mol. The summed E-state index contributed by atoms with van der Waals surface area (Å²) in [5.41, 5.74) is 1.39. The van der Waals surface area contributed by atoms with Gasteiger partial charge in [-0.05, 0) is 37.0 Å². The Labute approximate surface area is 137 Å². The van der Waals surface area contributed by atoms with Crippen LogP contribution in [0.2, 0.25) is 0 Å². The van der Waals surface area contributed by atoms with Crippen LogP contribution in [0.1, 0.15) is 54.4 Å². The molecule has 1 aliphatic rings. The van der Waals surface area contributed by atoms with E-state index in [4.69, 9.17) is 9.84 Å². The molecular formula is C18H25NO4. The average Bonchev–Trinajstić information content (AvgIpc) is 2.59. The minimum Gasteiger partial charge on any atom is -0.478 e. The van der Waals surface area contributed by atoms with Crippen LogP contribution in [-0.4, -0.2) is 48.2 Å². The van der Waals surface area contributed by atoms with E-state index in [1.54, 1.807) is 12.1 Å². The van der Waals surface area contributed by atoms with Gasteiger partial charge in [0.1, 0.15) is 6.61 Å². The smallest absolute Gasteiger partial charge is 0.335 e. The number of carboxylic acids is 1. The minimum atomic E-state index is -0.916. The third kappa shape index (κ3) is 5.06. The largest absolute Gasteiger partial charge is 0.478 e. The number of rotatable bonds is 7. The lowest BCUT2D eigenvalue weighted by Gasteiger charge is -2.33. The van der Waals surface area contributed by atoms with Crippen LogP contribution in [0.3, 0.4) is 0 Å². The summed E-state index contributed by atoms with van der Waals surface area (Å²) in [6.45, 7) is 4.35. The van der Waals surface area contributed by atoms with Crippen molar-refractivity contribution < 1.29 is 19.4 Å². The highest BCUT2D eigenvalue weighted by molar-refractivity contribution is 5.87. The molecule has 0 radical (unpaired) electrons. The van der Waals surface area contributed by atoms with Gasteiger partial charge in [0.15, 0.2) is 0 Å². The molecule has 2 rings (SSSR count). The molecule has 0 aliphatic carbocycles. The SMILES string of the molecule is CCCCOCC(=O)N1CCC[C@@H](c2ccc(C(=O)O)cc2)C1. The summed E-state index contributed by atoms with van der Waals surface area (Å²) in [5, 5.41) is 8.95. The van der Waals surface area contributed by atoms with E-state index in [2.05, 4.69) is 6.92 Å². The quantitative estimate of drug-likeness (QED) is 0.785. The number of ether oxygens (including phenoxy) is 1. The summed E-state index contributed by atoms with van der Waals surface area (Å²) in [6, 6.07) is 6.98. The van der Waals surface area contributed by atoms with Crippen LogP contribution in [0.5, 0.6) is 0 Å². The molecule has 126 valence electrons. The van der Waals surface area contributed by atoms with Crippen LogP contribution in [0.15, 0.2) is 24.3 Å². The fourth-order valence-corrected chi connectivity index (χ4v) is 2.87. The van der Waals surface area contributed by atoms with Gasteiger partial charge in [-0.2, -0.15) is 0 Å². The normalized spacial score (nSPS) is 18.0.